The summed E-state index contributed by atoms with van der Waals surface area (Å²) in [7, 11) is 0. The first kappa shape index (κ1) is 16.6. The molecule has 3 rings (SSSR count). The lowest BCUT2D eigenvalue weighted by molar-refractivity contribution is 0.428. The van der Waals surface area contributed by atoms with E-state index in [0.29, 0.717) is 16.1 Å². The third kappa shape index (κ3) is 4.20. The van der Waals surface area contributed by atoms with Crippen LogP contribution < -0.4 is 10.2 Å². The van der Waals surface area contributed by atoms with Gasteiger partial charge in [0.25, 0.3) is 0 Å². The molecule has 1 aliphatic heterocycles. The first-order valence-electron chi connectivity index (χ1n) is 8.11. The maximum atomic E-state index is 6.19. The van der Waals surface area contributed by atoms with Crippen LogP contribution in [0.2, 0.25) is 10.0 Å². The van der Waals surface area contributed by atoms with Gasteiger partial charge in [0.2, 0.25) is 0 Å². The minimum absolute atomic E-state index is 0.549. The number of rotatable bonds is 4. The molecule has 0 unspecified atom stereocenters. The van der Waals surface area contributed by atoms with E-state index in [1.54, 1.807) is 0 Å². The Kier molecular flexibility index (Phi) is 5.47. The Morgan fingerprint density at radius 3 is 2.52 bits per heavy atom. The average molecular weight is 349 g/mol. The van der Waals surface area contributed by atoms with Crippen LogP contribution in [0.5, 0.6) is 0 Å². The van der Waals surface area contributed by atoms with Crippen molar-refractivity contribution >= 4 is 28.9 Å². The third-order valence-electron chi connectivity index (χ3n) is 4.42. The molecule has 0 aromatic heterocycles. The molecule has 0 atom stereocenters. The van der Waals surface area contributed by atoms with Crippen molar-refractivity contribution in [2.24, 2.45) is 0 Å². The van der Waals surface area contributed by atoms with Crippen LogP contribution in [0.25, 0.3) is 0 Å². The van der Waals surface area contributed by atoms with Crippen LogP contribution >= 0.6 is 23.2 Å². The van der Waals surface area contributed by atoms with E-state index in [4.69, 9.17) is 23.2 Å². The number of piperidine rings is 1. The molecule has 0 aliphatic carbocycles. The van der Waals surface area contributed by atoms with Crippen molar-refractivity contribution in [2.45, 2.75) is 32.4 Å². The third-order valence-corrected chi connectivity index (χ3v) is 5.16. The molecular weight excluding hydrogens is 327 g/mol. The van der Waals surface area contributed by atoms with Gasteiger partial charge in [-0.1, -0.05) is 41.4 Å². The van der Waals surface area contributed by atoms with Crippen molar-refractivity contribution < 1.29 is 0 Å². The molecule has 1 aliphatic rings. The first-order valence-corrected chi connectivity index (χ1v) is 8.87. The fourth-order valence-corrected chi connectivity index (χ4v) is 3.51. The Hall–Kier alpha value is -1.22. The fraction of sp³-hybridized carbons (Fsp3) is 0.368. The van der Waals surface area contributed by atoms with Crippen LogP contribution in [-0.2, 0) is 6.54 Å². The Balaban J connectivity index is 1.89. The summed E-state index contributed by atoms with van der Waals surface area (Å²) in [5, 5.41) is 4.68. The standard InChI is InChI=1S/C19H22Cl2N2/c1-14-3-2-4-17(11-14)23(16-7-9-22-10-8-16)13-15-5-6-18(20)19(21)12-15/h2-6,11-12,16,22H,7-10,13H2,1H3. The molecule has 0 saturated carbocycles. The van der Waals surface area contributed by atoms with Crippen LogP contribution in [0.15, 0.2) is 42.5 Å². The zero-order valence-corrected chi connectivity index (χ0v) is 14.9. The topological polar surface area (TPSA) is 15.3 Å². The molecular formula is C19H22Cl2N2. The summed E-state index contributed by atoms with van der Waals surface area (Å²) in [6.07, 6.45) is 2.32. The normalized spacial score (nSPS) is 15.6. The zero-order valence-electron chi connectivity index (χ0n) is 13.4. The van der Waals surface area contributed by atoms with Gasteiger partial charge < -0.3 is 10.2 Å². The molecule has 4 heteroatoms. The van der Waals surface area contributed by atoms with E-state index >= 15 is 0 Å². The maximum absolute atomic E-state index is 6.19. The van der Waals surface area contributed by atoms with Gasteiger partial charge >= 0.3 is 0 Å². The minimum Gasteiger partial charge on any atom is -0.364 e. The molecule has 0 amide bonds. The van der Waals surface area contributed by atoms with Gasteiger partial charge in [0, 0.05) is 18.3 Å². The molecule has 2 aromatic rings. The molecule has 122 valence electrons. The summed E-state index contributed by atoms with van der Waals surface area (Å²) in [5.74, 6) is 0. The van der Waals surface area contributed by atoms with Gasteiger partial charge in [-0.15, -0.1) is 0 Å². The number of benzene rings is 2. The smallest absolute Gasteiger partial charge is 0.0595 e. The molecule has 0 bridgehead atoms. The van der Waals surface area contributed by atoms with Crippen LogP contribution in [0.3, 0.4) is 0 Å². The van der Waals surface area contributed by atoms with Crippen LogP contribution in [0, 0.1) is 6.92 Å². The molecule has 0 radical (unpaired) electrons. The second kappa shape index (κ2) is 7.57. The highest BCUT2D eigenvalue weighted by atomic mass is 35.5. The monoisotopic (exact) mass is 348 g/mol. The van der Waals surface area contributed by atoms with Gasteiger partial charge in [0.1, 0.15) is 0 Å². The fourth-order valence-electron chi connectivity index (χ4n) is 3.19. The summed E-state index contributed by atoms with van der Waals surface area (Å²) in [6, 6.07) is 15.2. The highest BCUT2D eigenvalue weighted by molar-refractivity contribution is 6.42. The largest absolute Gasteiger partial charge is 0.364 e. The van der Waals surface area contributed by atoms with Crippen molar-refractivity contribution in [1.29, 1.82) is 0 Å². The summed E-state index contributed by atoms with van der Waals surface area (Å²) in [6.45, 7) is 5.15. The Morgan fingerprint density at radius 1 is 1.04 bits per heavy atom. The van der Waals surface area contributed by atoms with E-state index in [9.17, 15) is 0 Å². The molecule has 1 heterocycles. The van der Waals surface area contributed by atoms with E-state index in [1.807, 2.05) is 12.1 Å². The Morgan fingerprint density at radius 2 is 1.83 bits per heavy atom. The summed E-state index contributed by atoms with van der Waals surface area (Å²) in [5.41, 5.74) is 3.76. The lowest BCUT2D eigenvalue weighted by Crippen LogP contribution is -2.43. The Labute approximate surface area is 148 Å². The lowest BCUT2D eigenvalue weighted by atomic mass is 10.0. The number of nitrogens with zero attached hydrogens (tertiary/aromatic N) is 1. The number of nitrogens with one attached hydrogen (secondary N) is 1. The molecule has 1 N–H and O–H groups in total. The van der Waals surface area contributed by atoms with Gasteiger partial charge in [-0.3, -0.25) is 0 Å². The first-order chi connectivity index (χ1) is 11.1. The van der Waals surface area contributed by atoms with Gasteiger partial charge in [0.15, 0.2) is 0 Å². The van der Waals surface area contributed by atoms with Crippen molar-refractivity contribution in [2.75, 3.05) is 18.0 Å². The van der Waals surface area contributed by atoms with Gasteiger partial charge in [-0.05, 0) is 68.2 Å². The highest BCUT2D eigenvalue weighted by Crippen LogP contribution is 2.28. The number of anilines is 1. The summed E-state index contributed by atoms with van der Waals surface area (Å²) in [4.78, 5) is 2.51. The number of hydrogen-bond donors (Lipinski definition) is 1. The lowest BCUT2D eigenvalue weighted by Gasteiger charge is -2.37. The van der Waals surface area contributed by atoms with E-state index in [1.165, 1.54) is 16.8 Å². The van der Waals surface area contributed by atoms with Crippen molar-refractivity contribution in [3.63, 3.8) is 0 Å². The van der Waals surface area contributed by atoms with E-state index in [0.717, 1.165) is 32.5 Å². The molecule has 2 aromatic carbocycles. The second-order valence-corrected chi connectivity index (χ2v) is 7.01. The van der Waals surface area contributed by atoms with E-state index in [2.05, 4.69) is 47.5 Å². The van der Waals surface area contributed by atoms with Crippen molar-refractivity contribution in [3.05, 3.63) is 63.6 Å². The number of aryl methyl sites for hydroxylation is 1. The van der Waals surface area contributed by atoms with E-state index < -0.39 is 0 Å². The molecule has 23 heavy (non-hydrogen) atoms. The van der Waals surface area contributed by atoms with Gasteiger partial charge in [-0.25, -0.2) is 0 Å². The zero-order chi connectivity index (χ0) is 16.2. The second-order valence-electron chi connectivity index (χ2n) is 6.20. The van der Waals surface area contributed by atoms with Crippen molar-refractivity contribution in [1.82, 2.24) is 5.32 Å². The summed E-state index contributed by atoms with van der Waals surface area (Å²) < 4.78 is 0. The quantitative estimate of drug-likeness (QED) is 0.830. The average Bonchev–Trinajstić information content (AvgIpc) is 2.56. The number of halogens is 2. The molecule has 0 spiro atoms. The van der Waals surface area contributed by atoms with E-state index in [-0.39, 0.29) is 0 Å². The predicted molar refractivity (Wildman–Crippen MR) is 99.7 cm³/mol. The van der Waals surface area contributed by atoms with Crippen LogP contribution in [0.1, 0.15) is 24.0 Å². The van der Waals surface area contributed by atoms with Crippen LogP contribution in [0.4, 0.5) is 5.69 Å². The maximum Gasteiger partial charge on any atom is 0.0595 e. The van der Waals surface area contributed by atoms with Gasteiger partial charge in [0.05, 0.1) is 10.0 Å². The van der Waals surface area contributed by atoms with Crippen LogP contribution in [-0.4, -0.2) is 19.1 Å². The molecule has 1 saturated heterocycles. The highest BCUT2D eigenvalue weighted by Gasteiger charge is 2.21. The Bertz CT molecular complexity index is 666. The predicted octanol–water partition coefficient (Wildman–Crippen LogP) is 5.06. The number of hydrogen-bond acceptors (Lipinski definition) is 2. The molecule has 2 nitrogen and oxygen atoms in total. The summed E-state index contributed by atoms with van der Waals surface area (Å²) >= 11 is 12.2. The van der Waals surface area contributed by atoms with Gasteiger partial charge in [-0.2, -0.15) is 0 Å². The minimum atomic E-state index is 0.549. The molecule has 1 fully saturated rings. The van der Waals surface area contributed by atoms with Crippen molar-refractivity contribution in [3.8, 4) is 0 Å². The SMILES string of the molecule is Cc1cccc(N(Cc2ccc(Cl)c(Cl)c2)C2CCNCC2)c1.